The molecule has 0 spiro atoms. The summed E-state index contributed by atoms with van der Waals surface area (Å²) in [5, 5.41) is 6.81. The van der Waals surface area contributed by atoms with Gasteiger partial charge in [0.2, 0.25) is 11.8 Å². The third kappa shape index (κ3) is 5.59. The van der Waals surface area contributed by atoms with Gasteiger partial charge in [-0.3, -0.25) is 19.4 Å². The van der Waals surface area contributed by atoms with Crippen LogP contribution in [0.5, 0.6) is 11.5 Å². The maximum Gasteiger partial charge on any atom is 0.251 e. The molecule has 41 heavy (non-hydrogen) atoms. The summed E-state index contributed by atoms with van der Waals surface area (Å²) in [7, 11) is -1.82. The Labute approximate surface area is 243 Å². The third-order valence-electron chi connectivity index (χ3n) is 7.51. The van der Waals surface area contributed by atoms with Gasteiger partial charge >= 0.3 is 0 Å². The van der Waals surface area contributed by atoms with E-state index in [-0.39, 0.29) is 30.3 Å². The minimum absolute atomic E-state index is 0.184. The summed E-state index contributed by atoms with van der Waals surface area (Å²) in [4.78, 5) is 50.8. The molecule has 11 heteroatoms. The van der Waals surface area contributed by atoms with E-state index in [0.717, 1.165) is 32.1 Å². The van der Waals surface area contributed by atoms with E-state index in [4.69, 9.17) is 4.74 Å². The number of carbonyl (C=O) groups is 3. The van der Waals surface area contributed by atoms with Crippen LogP contribution >= 0.6 is 11.8 Å². The fourth-order valence-corrected chi connectivity index (χ4v) is 9.24. The number of aromatic amines is 1. The molecule has 6 rings (SSSR count). The molecule has 0 radical (unpaired) electrons. The van der Waals surface area contributed by atoms with Crippen LogP contribution in [0, 0.1) is 0 Å². The molecule has 3 N–H and O–H groups in total. The van der Waals surface area contributed by atoms with E-state index in [0.29, 0.717) is 23.5 Å². The number of amides is 3. The molecule has 2 aromatic heterocycles. The van der Waals surface area contributed by atoms with Crippen molar-refractivity contribution in [1.29, 1.82) is 0 Å². The lowest BCUT2D eigenvalue weighted by atomic mass is 10.2. The van der Waals surface area contributed by atoms with Gasteiger partial charge in [-0.15, -0.1) is 0 Å². The first-order valence-corrected chi connectivity index (χ1v) is 17.8. The summed E-state index contributed by atoms with van der Waals surface area (Å²) >= 11 is 1.59. The van der Waals surface area contributed by atoms with Gasteiger partial charge < -0.3 is 25.3 Å². The predicted molar refractivity (Wildman–Crippen MR) is 160 cm³/mol. The van der Waals surface area contributed by atoms with Gasteiger partial charge in [0.1, 0.15) is 17.5 Å². The molecule has 2 aliphatic rings. The van der Waals surface area contributed by atoms with Gasteiger partial charge in [-0.2, -0.15) is 0 Å². The van der Waals surface area contributed by atoms with Gasteiger partial charge in [0.25, 0.3) is 5.91 Å². The first-order valence-electron chi connectivity index (χ1n) is 13.6. The van der Waals surface area contributed by atoms with Gasteiger partial charge in [0.15, 0.2) is 0 Å². The van der Waals surface area contributed by atoms with Crippen LogP contribution < -0.4 is 15.4 Å². The van der Waals surface area contributed by atoms with E-state index in [1.807, 2.05) is 49.4 Å². The fraction of sp³-hybridized carbons (Fsp3) is 0.267. The average Bonchev–Trinajstić information content (AvgIpc) is 3.55. The van der Waals surface area contributed by atoms with E-state index in [9.17, 15) is 14.4 Å². The highest BCUT2D eigenvalue weighted by Gasteiger charge is 2.45. The molecule has 0 aliphatic carbocycles. The highest BCUT2D eigenvalue weighted by Crippen LogP contribution is 2.46. The van der Waals surface area contributed by atoms with Crippen molar-refractivity contribution in [2.45, 2.75) is 47.9 Å². The Morgan fingerprint density at radius 2 is 1.93 bits per heavy atom. The minimum atomic E-state index is -1.82. The zero-order valence-electron chi connectivity index (χ0n) is 23.1. The predicted octanol–water partition coefficient (Wildman–Crippen LogP) is 4.89. The van der Waals surface area contributed by atoms with Crippen molar-refractivity contribution in [1.82, 2.24) is 25.5 Å². The SMILES string of the molecule is C[C@@H](NC(=O)[C@@H]1C[Si](C)(C)CN1C(=O)CNC(=O)c1ccc2c(c1)Oc1ccccc1S2)c1cc2cnccc2[nH]1. The molecule has 2 atom stereocenters. The van der Waals surface area contributed by atoms with Crippen molar-refractivity contribution in [3.05, 3.63) is 78.2 Å². The molecule has 0 bridgehead atoms. The van der Waals surface area contributed by atoms with Crippen LogP contribution in [-0.4, -0.2) is 59.4 Å². The van der Waals surface area contributed by atoms with Gasteiger partial charge in [0.05, 0.1) is 30.5 Å². The number of H-pyrrole nitrogens is 1. The lowest BCUT2D eigenvalue weighted by molar-refractivity contribution is -0.137. The smallest absolute Gasteiger partial charge is 0.251 e. The second-order valence-corrected chi connectivity index (χ2v) is 17.5. The van der Waals surface area contributed by atoms with Gasteiger partial charge in [-0.1, -0.05) is 37.0 Å². The monoisotopic (exact) mass is 585 g/mol. The number of aromatic nitrogens is 2. The molecule has 0 unspecified atom stereocenters. The van der Waals surface area contributed by atoms with Crippen LogP contribution in [0.25, 0.3) is 10.9 Å². The zero-order chi connectivity index (χ0) is 28.7. The van der Waals surface area contributed by atoms with Crippen LogP contribution in [0.4, 0.5) is 0 Å². The molecule has 1 saturated heterocycles. The van der Waals surface area contributed by atoms with Crippen molar-refractivity contribution in [3.8, 4) is 11.5 Å². The molecule has 2 aromatic carbocycles. The topological polar surface area (TPSA) is 116 Å². The number of rotatable bonds is 6. The average molecular weight is 586 g/mol. The van der Waals surface area contributed by atoms with Crippen LogP contribution in [0.15, 0.2) is 76.8 Å². The summed E-state index contributed by atoms with van der Waals surface area (Å²) < 4.78 is 6.00. The van der Waals surface area contributed by atoms with Gasteiger partial charge in [-0.05, 0) is 55.4 Å². The molecular weight excluding hydrogens is 555 g/mol. The molecule has 1 fully saturated rings. The number of fused-ring (bicyclic) bond motifs is 3. The highest BCUT2D eigenvalue weighted by atomic mass is 32.2. The fourth-order valence-electron chi connectivity index (χ4n) is 5.41. The Morgan fingerprint density at radius 1 is 1.12 bits per heavy atom. The number of carbonyl (C=O) groups excluding carboxylic acids is 3. The quantitative estimate of drug-likeness (QED) is 0.245. The minimum Gasteiger partial charge on any atom is -0.455 e. The maximum absolute atomic E-state index is 13.4. The third-order valence-corrected chi connectivity index (χ3v) is 11.3. The largest absolute Gasteiger partial charge is 0.455 e. The number of nitrogens with one attached hydrogen (secondary N) is 3. The number of hydrogen-bond acceptors (Lipinski definition) is 6. The van der Waals surface area contributed by atoms with Crippen LogP contribution in [0.3, 0.4) is 0 Å². The number of nitrogens with zero attached hydrogens (tertiary/aromatic N) is 2. The van der Waals surface area contributed by atoms with Gasteiger partial charge in [0, 0.05) is 40.7 Å². The molecule has 9 nitrogen and oxygen atoms in total. The first-order chi connectivity index (χ1) is 19.7. The summed E-state index contributed by atoms with van der Waals surface area (Å²) in [5.41, 5.74) is 2.23. The summed E-state index contributed by atoms with van der Waals surface area (Å²) in [5.74, 6) is 0.541. The number of pyridine rings is 1. The van der Waals surface area contributed by atoms with Crippen LogP contribution in [-0.2, 0) is 9.59 Å². The van der Waals surface area contributed by atoms with E-state index in [2.05, 4.69) is 33.7 Å². The number of hydrogen-bond donors (Lipinski definition) is 3. The van der Waals surface area contributed by atoms with Crippen molar-refractivity contribution in [2.24, 2.45) is 0 Å². The normalized spacial score (nSPS) is 17.7. The summed E-state index contributed by atoms with van der Waals surface area (Å²) in [6, 6.07) is 16.7. The van der Waals surface area contributed by atoms with Crippen LogP contribution in [0.2, 0.25) is 19.1 Å². The lowest BCUT2D eigenvalue weighted by Crippen LogP contribution is -2.49. The number of ether oxygens (including phenoxy) is 1. The Balaban J connectivity index is 1.09. The van der Waals surface area contributed by atoms with E-state index < -0.39 is 14.1 Å². The second-order valence-electron chi connectivity index (χ2n) is 11.3. The van der Waals surface area contributed by atoms with E-state index >= 15 is 0 Å². The molecule has 4 heterocycles. The maximum atomic E-state index is 13.4. The van der Waals surface area contributed by atoms with Crippen LogP contribution in [0.1, 0.15) is 29.0 Å². The highest BCUT2D eigenvalue weighted by molar-refractivity contribution is 7.99. The number of para-hydroxylation sites is 1. The van der Waals surface area contributed by atoms with E-state index in [1.165, 1.54) is 0 Å². The van der Waals surface area contributed by atoms with Gasteiger partial charge in [-0.25, -0.2) is 0 Å². The molecular formula is C30H31N5O4SSi. The Morgan fingerprint density at radius 3 is 2.76 bits per heavy atom. The van der Waals surface area contributed by atoms with E-state index in [1.54, 1.807) is 41.2 Å². The van der Waals surface area contributed by atoms with Crippen molar-refractivity contribution < 1.29 is 19.1 Å². The Bertz CT molecular complexity index is 1640. The summed E-state index contributed by atoms with van der Waals surface area (Å²) in [6.07, 6.45) is 4.06. The van der Waals surface area contributed by atoms with Crippen molar-refractivity contribution >= 4 is 48.5 Å². The van der Waals surface area contributed by atoms with Crippen molar-refractivity contribution in [3.63, 3.8) is 0 Å². The van der Waals surface area contributed by atoms with Crippen molar-refractivity contribution in [2.75, 3.05) is 12.7 Å². The summed E-state index contributed by atoms with van der Waals surface area (Å²) in [6.45, 7) is 6.08. The Hall–Kier alpha value is -4.09. The molecule has 4 aromatic rings. The molecule has 2 aliphatic heterocycles. The second kappa shape index (κ2) is 10.7. The first kappa shape index (κ1) is 27.1. The molecule has 0 saturated carbocycles. The zero-order valence-corrected chi connectivity index (χ0v) is 24.9. The Kier molecular flexibility index (Phi) is 7.08. The number of benzene rings is 2. The lowest BCUT2D eigenvalue weighted by Gasteiger charge is -2.26. The standard InChI is InChI=1S/C30H31N5O4SSi/c1-18(22-12-20-14-31-11-10-21(20)34-22)33-30(38)23-16-41(2,3)17-35(23)28(36)15-32-29(37)19-8-9-27-25(13-19)39-24-6-4-5-7-26(24)40-27/h4-14,18,23,34H,15-17H2,1-3H3,(H,32,37)(H,33,38)/t18-,23+/m1/s1. The molecule has 210 valence electrons. The molecule has 3 amide bonds.